The smallest absolute Gasteiger partial charge is 0.388 e. The summed E-state index contributed by atoms with van der Waals surface area (Å²) in [5, 5.41) is 8.57. The molecule has 0 saturated carbocycles. The number of aromatic nitrogens is 1. The van der Waals surface area contributed by atoms with E-state index in [-0.39, 0.29) is 12.2 Å². The second-order valence-electron chi connectivity index (χ2n) is 2.52. The molecule has 0 aliphatic rings. The number of halogens is 3. The zero-order valence-corrected chi connectivity index (χ0v) is 7.38. The van der Waals surface area contributed by atoms with E-state index in [0.29, 0.717) is 5.56 Å². The van der Waals surface area contributed by atoms with Gasteiger partial charge >= 0.3 is 6.36 Å². The summed E-state index contributed by atoms with van der Waals surface area (Å²) in [6.07, 6.45) is -4.82. The number of hydrogen-bond acceptors (Lipinski definition) is 4. The van der Waals surface area contributed by atoms with Gasteiger partial charge in [-0.15, -0.1) is 13.2 Å². The summed E-state index contributed by atoms with van der Waals surface area (Å²) in [6, 6.07) is 3.92. The molecule has 0 unspecified atom stereocenters. The van der Waals surface area contributed by atoms with Gasteiger partial charge in [-0.05, 0) is 6.07 Å². The quantitative estimate of drug-likeness (QED) is 0.810. The minimum Gasteiger partial charge on any atom is -0.388 e. The molecule has 7 heteroatoms. The van der Waals surface area contributed by atoms with Crippen LogP contribution in [-0.2, 0) is 6.54 Å². The molecule has 0 radical (unpaired) electrons. The SMILES string of the molecule is N#Cc1nc(OC(F)(F)F)ccc1CN. The maximum atomic E-state index is 11.8. The Morgan fingerprint density at radius 1 is 1.47 bits per heavy atom. The molecule has 1 rings (SSSR count). The molecule has 0 amide bonds. The summed E-state index contributed by atoms with van der Waals surface area (Å²) < 4.78 is 38.9. The van der Waals surface area contributed by atoms with Gasteiger partial charge in [0, 0.05) is 18.2 Å². The minimum atomic E-state index is -4.82. The van der Waals surface area contributed by atoms with Crippen molar-refractivity contribution >= 4 is 0 Å². The van der Waals surface area contributed by atoms with Crippen molar-refractivity contribution in [3.8, 4) is 11.9 Å². The maximum absolute atomic E-state index is 11.8. The topological polar surface area (TPSA) is 71.9 Å². The lowest BCUT2D eigenvalue weighted by Crippen LogP contribution is -2.18. The molecular weight excluding hydrogens is 211 g/mol. The lowest BCUT2D eigenvalue weighted by Gasteiger charge is -2.08. The van der Waals surface area contributed by atoms with Gasteiger partial charge in [0.25, 0.3) is 0 Å². The van der Waals surface area contributed by atoms with Gasteiger partial charge in [-0.1, -0.05) is 0 Å². The van der Waals surface area contributed by atoms with Crippen LogP contribution in [-0.4, -0.2) is 11.3 Å². The number of rotatable bonds is 2. The van der Waals surface area contributed by atoms with Crippen LogP contribution in [0, 0.1) is 11.3 Å². The molecule has 0 atom stereocenters. The van der Waals surface area contributed by atoms with E-state index in [2.05, 4.69) is 9.72 Å². The summed E-state index contributed by atoms with van der Waals surface area (Å²) in [5.41, 5.74) is 5.45. The Morgan fingerprint density at radius 3 is 2.60 bits per heavy atom. The van der Waals surface area contributed by atoms with Crippen molar-refractivity contribution in [1.29, 1.82) is 5.26 Å². The number of ether oxygens (including phenoxy) is 1. The molecule has 0 spiro atoms. The van der Waals surface area contributed by atoms with Crippen molar-refractivity contribution in [2.45, 2.75) is 12.9 Å². The Balaban J connectivity index is 3.00. The van der Waals surface area contributed by atoms with Gasteiger partial charge in [0.2, 0.25) is 5.88 Å². The summed E-state index contributed by atoms with van der Waals surface area (Å²) in [5.74, 6) is -0.670. The second kappa shape index (κ2) is 4.14. The zero-order valence-electron chi connectivity index (χ0n) is 7.38. The van der Waals surface area contributed by atoms with Gasteiger partial charge in [-0.2, -0.15) is 5.26 Å². The van der Waals surface area contributed by atoms with E-state index in [1.807, 2.05) is 0 Å². The largest absolute Gasteiger partial charge is 0.574 e. The molecular formula is C8H6F3N3O. The predicted octanol–water partition coefficient (Wildman–Crippen LogP) is 1.31. The first-order chi connectivity index (χ1) is 6.96. The molecule has 0 aliphatic carbocycles. The Morgan fingerprint density at radius 2 is 2.13 bits per heavy atom. The van der Waals surface area contributed by atoms with Crippen LogP contribution in [0.5, 0.6) is 5.88 Å². The normalized spacial score (nSPS) is 10.9. The molecule has 2 N–H and O–H groups in total. The van der Waals surface area contributed by atoms with Gasteiger partial charge < -0.3 is 10.5 Å². The summed E-state index contributed by atoms with van der Waals surface area (Å²) >= 11 is 0. The number of pyridine rings is 1. The standard InChI is InChI=1S/C8H6F3N3O/c9-8(10,11)15-7-2-1-5(3-12)6(4-13)14-7/h1-2H,3,12H2. The van der Waals surface area contributed by atoms with Crippen LogP contribution in [0.3, 0.4) is 0 Å². The summed E-state index contributed by atoms with van der Waals surface area (Å²) in [6.45, 7) is 0.0300. The first kappa shape index (κ1) is 11.3. The molecule has 0 fully saturated rings. The highest BCUT2D eigenvalue weighted by Crippen LogP contribution is 2.21. The fourth-order valence-electron chi connectivity index (χ4n) is 0.907. The van der Waals surface area contributed by atoms with E-state index in [4.69, 9.17) is 11.0 Å². The Kier molecular flexibility index (Phi) is 3.11. The molecule has 80 valence electrons. The molecule has 1 aromatic rings. The van der Waals surface area contributed by atoms with Crippen molar-refractivity contribution in [2.75, 3.05) is 0 Å². The van der Waals surface area contributed by atoms with Crippen LogP contribution in [0.1, 0.15) is 11.3 Å². The van der Waals surface area contributed by atoms with Crippen LogP contribution < -0.4 is 10.5 Å². The molecule has 0 aliphatic heterocycles. The zero-order chi connectivity index (χ0) is 11.5. The molecule has 4 nitrogen and oxygen atoms in total. The second-order valence-corrected chi connectivity index (χ2v) is 2.52. The van der Waals surface area contributed by atoms with Crippen LogP contribution >= 0.6 is 0 Å². The van der Waals surface area contributed by atoms with Crippen LogP contribution in [0.4, 0.5) is 13.2 Å². The Labute approximate surface area is 83.1 Å². The molecule has 1 aromatic heterocycles. The van der Waals surface area contributed by atoms with Gasteiger partial charge in [-0.25, -0.2) is 4.98 Å². The van der Waals surface area contributed by atoms with E-state index in [0.717, 1.165) is 6.07 Å². The van der Waals surface area contributed by atoms with Crippen LogP contribution in [0.2, 0.25) is 0 Å². The number of nitriles is 1. The maximum Gasteiger partial charge on any atom is 0.574 e. The lowest BCUT2D eigenvalue weighted by molar-refractivity contribution is -0.276. The highest BCUT2D eigenvalue weighted by atomic mass is 19.4. The molecule has 0 saturated heterocycles. The summed E-state index contributed by atoms with van der Waals surface area (Å²) in [7, 11) is 0. The minimum absolute atomic E-state index is 0.0300. The first-order valence-corrected chi connectivity index (χ1v) is 3.82. The summed E-state index contributed by atoms with van der Waals surface area (Å²) in [4.78, 5) is 3.36. The van der Waals surface area contributed by atoms with Gasteiger partial charge in [-0.3, -0.25) is 0 Å². The van der Waals surface area contributed by atoms with Crippen LogP contribution in [0.15, 0.2) is 12.1 Å². The average Bonchev–Trinajstić information content (AvgIpc) is 2.15. The Bertz CT molecular complexity index is 397. The monoisotopic (exact) mass is 217 g/mol. The van der Waals surface area contributed by atoms with Crippen molar-refractivity contribution in [1.82, 2.24) is 4.98 Å². The van der Waals surface area contributed by atoms with E-state index >= 15 is 0 Å². The molecule has 0 bridgehead atoms. The lowest BCUT2D eigenvalue weighted by atomic mass is 10.2. The van der Waals surface area contributed by atoms with Gasteiger partial charge in [0.05, 0.1) is 0 Å². The Hall–Kier alpha value is -1.81. The third-order valence-corrected chi connectivity index (χ3v) is 1.50. The first-order valence-electron chi connectivity index (χ1n) is 3.82. The van der Waals surface area contributed by atoms with E-state index in [1.54, 1.807) is 6.07 Å². The highest BCUT2D eigenvalue weighted by Gasteiger charge is 2.31. The highest BCUT2D eigenvalue weighted by molar-refractivity contribution is 5.34. The van der Waals surface area contributed by atoms with E-state index in [9.17, 15) is 13.2 Å². The van der Waals surface area contributed by atoms with Gasteiger partial charge in [0.1, 0.15) is 11.8 Å². The third kappa shape index (κ3) is 3.11. The van der Waals surface area contributed by atoms with Crippen molar-refractivity contribution in [3.05, 3.63) is 23.4 Å². The van der Waals surface area contributed by atoms with Crippen molar-refractivity contribution < 1.29 is 17.9 Å². The van der Waals surface area contributed by atoms with E-state index < -0.39 is 12.2 Å². The number of hydrogen-bond donors (Lipinski definition) is 1. The predicted molar refractivity (Wildman–Crippen MR) is 43.5 cm³/mol. The number of alkyl halides is 3. The van der Waals surface area contributed by atoms with Gasteiger partial charge in [0.15, 0.2) is 0 Å². The molecule has 15 heavy (non-hydrogen) atoms. The van der Waals surface area contributed by atoms with Crippen LogP contribution in [0.25, 0.3) is 0 Å². The number of nitrogens with two attached hydrogens (primary N) is 1. The molecule has 1 heterocycles. The number of nitrogens with zero attached hydrogens (tertiary/aromatic N) is 2. The van der Waals surface area contributed by atoms with Crippen molar-refractivity contribution in [3.63, 3.8) is 0 Å². The molecule has 0 aromatic carbocycles. The average molecular weight is 217 g/mol. The fraction of sp³-hybridized carbons (Fsp3) is 0.250. The third-order valence-electron chi connectivity index (χ3n) is 1.50. The van der Waals surface area contributed by atoms with Crippen molar-refractivity contribution in [2.24, 2.45) is 5.73 Å². The van der Waals surface area contributed by atoms with E-state index in [1.165, 1.54) is 6.07 Å². The fourth-order valence-corrected chi connectivity index (χ4v) is 0.907.